The molecule has 4 rings (SSSR count). The summed E-state index contributed by atoms with van der Waals surface area (Å²) in [6.45, 7) is 5.11. The summed E-state index contributed by atoms with van der Waals surface area (Å²) < 4.78 is 11.7. The van der Waals surface area contributed by atoms with Gasteiger partial charge in [-0.15, -0.1) is 0 Å². The van der Waals surface area contributed by atoms with Crippen LogP contribution in [-0.2, 0) is 22.5 Å². The minimum Gasteiger partial charge on any atom is -0.492 e. The molecule has 0 atom stereocenters. The van der Waals surface area contributed by atoms with Crippen molar-refractivity contribution in [1.29, 1.82) is 10.8 Å². The zero-order valence-corrected chi connectivity index (χ0v) is 20.2. The molecular weight excluding hydrogens is 444 g/mol. The molecule has 0 aliphatic carbocycles. The Hall–Kier alpha value is -3.75. The van der Waals surface area contributed by atoms with Crippen molar-refractivity contribution < 1.29 is 14.3 Å². The largest absolute Gasteiger partial charge is 0.492 e. The lowest BCUT2D eigenvalue weighted by molar-refractivity contribution is -0.159. The molecule has 0 bridgehead atoms. The van der Waals surface area contributed by atoms with Gasteiger partial charge in [0.2, 0.25) is 0 Å². The second kappa shape index (κ2) is 10.2. The molecule has 2 heterocycles. The van der Waals surface area contributed by atoms with Crippen LogP contribution in [0.2, 0.25) is 0 Å². The Labute approximate surface area is 206 Å². The summed E-state index contributed by atoms with van der Waals surface area (Å²) in [5, 5.41) is 15.3. The molecule has 186 valence electrons. The van der Waals surface area contributed by atoms with E-state index in [9.17, 15) is 4.79 Å². The van der Waals surface area contributed by atoms with Gasteiger partial charge in [0.05, 0.1) is 6.61 Å². The van der Waals surface area contributed by atoms with Gasteiger partial charge in [-0.3, -0.25) is 15.6 Å². The van der Waals surface area contributed by atoms with Gasteiger partial charge in [-0.25, -0.2) is 0 Å². The summed E-state index contributed by atoms with van der Waals surface area (Å²) in [5.74, 6) is 0.614. The summed E-state index contributed by atoms with van der Waals surface area (Å²) in [7, 11) is 0. The van der Waals surface area contributed by atoms with E-state index in [0.29, 0.717) is 50.4 Å². The zero-order chi connectivity index (χ0) is 25.0. The molecule has 9 heteroatoms. The number of nitrogens with zero attached hydrogens (tertiary/aromatic N) is 2. The minimum atomic E-state index is -0.715. The first-order chi connectivity index (χ1) is 16.8. The van der Waals surface area contributed by atoms with E-state index in [-0.39, 0.29) is 24.4 Å². The molecule has 9 nitrogen and oxygen atoms in total. The van der Waals surface area contributed by atoms with Crippen LogP contribution in [0.25, 0.3) is 0 Å². The van der Waals surface area contributed by atoms with E-state index >= 15 is 0 Å². The van der Waals surface area contributed by atoms with Gasteiger partial charge in [0, 0.05) is 37.4 Å². The van der Waals surface area contributed by atoms with Crippen LogP contribution in [0.3, 0.4) is 0 Å². The highest BCUT2D eigenvalue weighted by Crippen LogP contribution is 2.36. The molecular formula is C26H34N6O3. The van der Waals surface area contributed by atoms with Crippen LogP contribution >= 0.6 is 0 Å². The van der Waals surface area contributed by atoms with Crippen molar-refractivity contribution in [2.24, 2.45) is 16.9 Å². The third-order valence-corrected chi connectivity index (χ3v) is 7.02. The molecule has 1 fully saturated rings. The van der Waals surface area contributed by atoms with Gasteiger partial charge in [-0.1, -0.05) is 6.07 Å². The fourth-order valence-corrected chi connectivity index (χ4v) is 4.79. The Balaban J connectivity index is 1.45. The van der Waals surface area contributed by atoms with Crippen LogP contribution in [0.1, 0.15) is 36.5 Å². The van der Waals surface area contributed by atoms with E-state index in [2.05, 4.69) is 11.0 Å². The number of guanidine groups is 1. The Kier molecular flexibility index (Phi) is 7.14. The molecule has 2 aliphatic heterocycles. The highest BCUT2D eigenvalue weighted by atomic mass is 16.5. The standard InChI is InChI=1S/C26H34N6O3/c1-2-34-24(33)26(10-13-31(14-11-26)21-6-3-19(4-7-21)23(27)28)17-35-22-8-5-18-9-12-32(25(29)30)16-20(18)15-22/h3-8,15H,2,9-14,16-17H2,1H3,(H3,27,28)(H3,29,30). The molecule has 2 aliphatic rings. The smallest absolute Gasteiger partial charge is 0.315 e. The van der Waals surface area contributed by atoms with E-state index < -0.39 is 5.41 Å². The number of piperidine rings is 1. The fourth-order valence-electron chi connectivity index (χ4n) is 4.79. The number of carbonyl (C=O) groups is 1. The van der Waals surface area contributed by atoms with Crippen LogP contribution in [-0.4, -0.2) is 55.5 Å². The van der Waals surface area contributed by atoms with Crippen LogP contribution in [0.5, 0.6) is 5.75 Å². The molecule has 0 unspecified atom stereocenters. The van der Waals surface area contributed by atoms with Crippen molar-refractivity contribution >= 4 is 23.5 Å². The number of nitrogens with two attached hydrogens (primary N) is 2. The number of benzene rings is 2. The van der Waals surface area contributed by atoms with E-state index in [0.717, 1.165) is 24.2 Å². The van der Waals surface area contributed by atoms with Gasteiger partial charge < -0.3 is 30.7 Å². The quantitative estimate of drug-likeness (QED) is 0.272. The van der Waals surface area contributed by atoms with E-state index in [1.54, 1.807) is 0 Å². The first kappa shape index (κ1) is 24.4. The van der Waals surface area contributed by atoms with Crippen LogP contribution in [0.15, 0.2) is 42.5 Å². The van der Waals surface area contributed by atoms with Crippen molar-refractivity contribution in [3.05, 3.63) is 59.2 Å². The lowest BCUT2D eigenvalue weighted by Gasteiger charge is -2.40. The SMILES string of the molecule is CCOC(=O)C1(COc2ccc3c(c2)CN(C(=N)N)CC3)CCN(c2ccc(C(=N)N)cc2)CC1. The number of nitrogen functional groups attached to an aromatic ring is 1. The lowest BCUT2D eigenvalue weighted by atomic mass is 9.79. The molecule has 0 radical (unpaired) electrons. The monoisotopic (exact) mass is 478 g/mol. The molecule has 0 saturated carbocycles. The normalized spacial score (nSPS) is 16.8. The highest BCUT2D eigenvalue weighted by molar-refractivity contribution is 5.95. The van der Waals surface area contributed by atoms with Crippen molar-refractivity contribution in [3.63, 3.8) is 0 Å². The van der Waals surface area contributed by atoms with Gasteiger partial charge in [-0.05, 0) is 73.7 Å². The van der Waals surface area contributed by atoms with Gasteiger partial charge >= 0.3 is 5.97 Å². The molecule has 6 N–H and O–H groups in total. The Morgan fingerprint density at radius 2 is 1.74 bits per heavy atom. The Morgan fingerprint density at radius 3 is 2.37 bits per heavy atom. The van der Waals surface area contributed by atoms with E-state index in [4.69, 9.17) is 31.8 Å². The second-order valence-electron chi connectivity index (χ2n) is 9.22. The maximum absolute atomic E-state index is 13.1. The highest BCUT2D eigenvalue weighted by Gasteiger charge is 2.44. The number of carbonyl (C=O) groups excluding carboxylic acids is 1. The number of esters is 1. The third-order valence-electron chi connectivity index (χ3n) is 7.02. The Bertz CT molecular complexity index is 1090. The molecule has 0 amide bonds. The fraction of sp³-hybridized carbons (Fsp3) is 0.423. The van der Waals surface area contributed by atoms with Crippen molar-refractivity contribution in [3.8, 4) is 5.75 Å². The molecule has 1 saturated heterocycles. The van der Waals surface area contributed by atoms with Crippen molar-refractivity contribution in [1.82, 2.24) is 4.90 Å². The van der Waals surface area contributed by atoms with Gasteiger partial charge in [0.15, 0.2) is 5.96 Å². The second-order valence-corrected chi connectivity index (χ2v) is 9.22. The first-order valence-electron chi connectivity index (χ1n) is 12.0. The summed E-state index contributed by atoms with van der Waals surface area (Å²) >= 11 is 0. The number of hydrogen-bond donors (Lipinski definition) is 4. The van der Waals surface area contributed by atoms with Gasteiger partial charge in [0.25, 0.3) is 0 Å². The molecule has 2 aromatic carbocycles. The number of anilines is 1. The summed E-state index contributed by atoms with van der Waals surface area (Å²) in [4.78, 5) is 17.1. The average Bonchev–Trinajstić information content (AvgIpc) is 2.87. The summed E-state index contributed by atoms with van der Waals surface area (Å²) in [6, 6.07) is 13.6. The number of amidine groups is 1. The maximum atomic E-state index is 13.1. The van der Waals surface area contributed by atoms with Crippen molar-refractivity contribution in [2.75, 3.05) is 37.7 Å². The van der Waals surface area contributed by atoms with Crippen LogP contribution < -0.4 is 21.1 Å². The van der Waals surface area contributed by atoms with Crippen molar-refractivity contribution in [2.45, 2.75) is 32.7 Å². The first-order valence-corrected chi connectivity index (χ1v) is 12.0. The maximum Gasteiger partial charge on any atom is 0.315 e. The summed E-state index contributed by atoms with van der Waals surface area (Å²) in [6.07, 6.45) is 2.07. The van der Waals surface area contributed by atoms with E-state index in [1.165, 1.54) is 5.56 Å². The van der Waals surface area contributed by atoms with Crippen LogP contribution in [0, 0.1) is 16.2 Å². The number of nitrogens with one attached hydrogen (secondary N) is 2. The number of ether oxygens (including phenoxy) is 2. The molecule has 0 aromatic heterocycles. The lowest BCUT2D eigenvalue weighted by Crippen LogP contribution is -2.48. The van der Waals surface area contributed by atoms with Gasteiger partial charge in [-0.2, -0.15) is 0 Å². The van der Waals surface area contributed by atoms with Crippen LogP contribution in [0.4, 0.5) is 5.69 Å². The number of rotatable bonds is 7. The molecule has 35 heavy (non-hydrogen) atoms. The molecule has 0 spiro atoms. The Morgan fingerprint density at radius 1 is 1.03 bits per heavy atom. The zero-order valence-electron chi connectivity index (χ0n) is 20.2. The minimum absolute atomic E-state index is 0.0462. The summed E-state index contributed by atoms with van der Waals surface area (Å²) in [5.41, 5.74) is 14.6. The van der Waals surface area contributed by atoms with Gasteiger partial charge in [0.1, 0.15) is 23.6 Å². The van der Waals surface area contributed by atoms with E-state index in [1.807, 2.05) is 48.2 Å². The predicted octanol–water partition coefficient (Wildman–Crippen LogP) is 2.45. The average molecular weight is 479 g/mol. The number of hydrogen-bond acceptors (Lipinski definition) is 6. The number of fused-ring (bicyclic) bond motifs is 1. The molecule has 2 aromatic rings. The predicted molar refractivity (Wildman–Crippen MR) is 136 cm³/mol. The topological polar surface area (TPSA) is 142 Å². The third kappa shape index (κ3) is 5.34.